The monoisotopic (exact) mass is 280 g/mol. The number of benzene rings is 1. The Kier molecular flexibility index (Phi) is 3.06. The highest BCUT2D eigenvalue weighted by Gasteiger charge is 2.36. The number of nitrogens with one attached hydrogen (secondary N) is 2. The van der Waals surface area contributed by atoms with E-state index >= 15 is 0 Å². The minimum absolute atomic E-state index is 0.243. The van der Waals surface area contributed by atoms with Crippen LogP contribution in [0, 0.1) is 0 Å². The molecule has 0 saturated heterocycles. The maximum absolute atomic E-state index is 12.4. The van der Waals surface area contributed by atoms with Gasteiger partial charge in [0.25, 0.3) is 0 Å². The van der Waals surface area contributed by atoms with Crippen molar-refractivity contribution >= 4 is 15.7 Å². The molecule has 104 valence electrons. The second kappa shape index (κ2) is 4.49. The molecule has 1 aliphatic carbocycles. The molecule has 19 heavy (non-hydrogen) atoms. The highest BCUT2D eigenvalue weighted by Crippen LogP contribution is 2.33. The van der Waals surface area contributed by atoms with Crippen LogP contribution in [-0.2, 0) is 16.4 Å². The molecule has 0 bridgehead atoms. The Morgan fingerprint density at radius 1 is 1.26 bits per heavy atom. The summed E-state index contributed by atoms with van der Waals surface area (Å²) in [6.07, 6.45) is 4.97. The van der Waals surface area contributed by atoms with Crippen molar-refractivity contribution in [2.45, 2.75) is 49.5 Å². The summed E-state index contributed by atoms with van der Waals surface area (Å²) in [4.78, 5) is 0.392. The lowest BCUT2D eigenvalue weighted by atomic mass is 9.80. The van der Waals surface area contributed by atoms with Gasteiger partial charge in [-0.15, -0.1) is 0 Å². The molecule has 1 heterocycles. The fraction of sp³-hybridized carbons (Fsp3) is 0.571. The first-order valence-electron chi connectivity index (χ1n) is 6.89. The highest BCUT2D eigenvalue weighted by atomic mass is 32.2. The lowest BCUT2D eigenvalue weighted by Crippen LogP contribution is -2.50. The average molecular weight is 280 g/mol. The van der Waals surface area contributed by atoms with Crippen LogP contribution in [0.1, 0.15) is 38.2 Å². The zero-order valence-electron chi connectivity index (χ0n) is 11.2. The van der Waals surface area contributed by atoms with Crippen LogP contribution in [-0.4, -0.2) is 20.5 Å². The van der Waals surface area contributed by atoms with Crippen LogP contribution in [0.25, 0.3) is 0 Å². The number of fused-ring (bicyclic) bond motifs is 1. The molecule has 1 aromatic rings. The van der Waals surface area contributed by atoms with Gasteiger partial charge in [-0.1, -0.05) is 0 Å². The lowest BCUT2D eigenvalue weighted by Gasteiger charge is -2.38. The summed E-state index contributed by atoms with van der Waals surface area (Å²) < 4.78 is 27.6. The van der Waals surface area contributed by atoms with E-state index in [9.17, 15) is 8.42 Å². The van der Waals surface area contributed by atoms with E-state index < -0.39 is 10.0 Å². The third kappa shape index (κ3) is 2.49. The van der Waals surface area contributed by atoms with Crippen molar-refractivity contribution in [3.63, 3.8) is 0 Å². The first-order chi connectivity index (χ1) is 8.99. The Morgan fingerprint density at radius 3 is 2.74 bits per heavy atom. The molecule has 0 radical (unpaired) electrons. The molecule has 1 fully saturated rings. The van der Waals surface area contributed by atoms with Crippen LogP contribution in [0.15, 0.2) is 23.1 Å². The summed E-state index contributed by atoms with van der Waals surface area (Å²) in [5.41, 5.74) is 1.93. The van der Waals surface area contributed by atoms with Gasteiger partial charge < -0.3 is 5.32 Å². The largest absolute Gasteiger partial charge is 0.385 e. The van der Waals surface area contributed by atoms with Crippen molar-refractivity contribution in [1.29, 1.82) is 0 Å². The summed E-state index contributed by atoms with van der Waals surface area (Å²) in [5.74, 6) is 0. The van der Waals surface area contributed by atoms with Crippen molar-refractivity contribution in [2.75, 3.05) is 11.9 Å². The molecule has 4 nitrogen and oxygen atoms in total. The zero-order chi connectivity index (χ0) is 13.5. The maximum Gasteiger partial charge on any atom is 0.241 e. The van der Waals surface area contributed by atoms with Crippen molar-refractivity contribution in [2.24, 2.45) is 0 Å². The second-order valence-corrected chi connectivity index (χ2v) is 7.55. The van der Waals surface area contributed by atoms with Gasteiger partial charge in [0.15, 0.2) is 0 Å². The molecule has 0 unspecified atom stereocenters. The smallest absolute Gasteiger partial charge is 0.241 e. The number of sulfonamides is 1. The van der Waals surface area contributed by atoms with Crippen LogP contribution in [0.3, 0.4) is 0 Å². The third-order valence-corrected chi connectivity index (χ3v) is 5.80. The van der Waals surface area contributed by atoms with Crippen molar-refractivity contribution < 1.29 is 8.42 Å². The SMILES string of the molecule is CC1(NS(=O)(=O)c2ccc3c(c2)CCCN3)CCC1. The van der Waals surface area contributed by atoms with Gasteiger partial charge in [-0.25, -0.2) is 13.1 Å². The Balaban J connectivity index is 1.88. The minimum Gasteiger partial charge on any atom is -0.385 e. The first kappa shape index (κ1) is 12.9. The quantitative estimate of drug-likeness (QED) is 0.893. The summed E-state index contributed by atoms with van der Waals surface area (Å²) in [5, 5.41) is 3.30. The number of aryl methyl sites for hydroxylation is 1. The molecule has 0 aromatic heterocycles. The molecule has 1 aliphatic heterocycles. The molecule has 0 spiro atoms. The Labute approximate surface area is 114 Å². The Bertz CT molecular complexity index is 591. The molecule has 2 aliphatic rings. The van der Waals surface area contributed by atoms with E-state index in [1.165, 1.54) is 0 Å². The molecular weight excluding hydrogens is 260 g/mol. The van der Waals surface area contributed by atoms with E-state index in [0.29, 0.717) is 4.90 Å². The molecule has 1 saturated carbocycles. The number of hydrogen-bond donors (Lipinski definition) is 2. The van der Waals surface area contributed by atoms with Crippen molar-refractivity contribution in [3.8, 4) is 0 Å². The third-order valence-electron chi connectivity index (χ3n) is 4.16. The fourth-order valence-electron chi connectivity index (χ4n) is 2.81. The van der Waals surface area contributed by atoms with Gasteiger partial charge in [0.2, 0.25) is 10.0 Å². The van der Waals surface area contributed by atoms with Crippen molar-refractivity contribution in [1.82, 2.24) is 4.72 Å². The molecular formula is C14H20N2O2S. The summed E-state index contributed by atoms with van der Waals surface area (Å²) in [6.45, 7) is 2.95. The van der Waals surface area contributed by atoms with Crippen LogP contribution in [0.2, 0.25) is 0 Å². The molecule has 2 N–H and O–H groups in total. The number of anilines is 1. The first-order valence-corrected chi connectivity index (χ1v) is 8.38. The molecule has 0 amide bonds. The fourth-order valence-corrected chi connectivity index (χ4v) is 4.33. The van der Waals surface area contributed by atoms with E-state index in [1.54, 1.807) is 6.07 Å². The normalized spacial score (nSPS) is 21.1. The Hall–Kier alpha value is -1.07. The molecule has 5 heteroatoms. The van der Waals surface area contributed by atoms with E-state index in [1.807, 2.05) is 19.1 Å². The predicted molar refractivity (Wildman–Crippen MR) is 75.8 cm³/mol. The van der Waals surface area contributed by atoms with Gasteiger partial charge in [-0.05, 0) is 62.8 Å². The number of rotatable bonds is 3. The van der Waals surface area contributed by atoms with Crippen LogP contribution in [0.5, 0.6) is 0 Å². The summed E-state index contributed by atoms with van der Waals surface area (Å²) in [7, 11) is -3.39. The van der Waals surface area contributed by atoms with Gasteiger partial charge in [-0.3, -0.25) is 0 Å². The minimum atomic E-state index is -3.39. The zero-order valence-corrected chi connectivity index (χ0v) is 12.0. The van der Waals surface area contributed by atoms with Gasteiger partial charge in [0, 0.05) is 17.8 Å². The standard InChI is InChI=1S/C14H20N2O2S/c1-14(7-3-8-14)16-19(17,18)12-5-6-13-11(10-12)4-2-9-15-13/h5-6,10,15-16H,2-4,7-9H2,1H3. The van der Waals surface area contributed by atoms with Gasteiger partial charge in [-0.2, -0.15) is 0 Å². The molecule has 1 aromatic carbocycles. The Morgan fingerprint density at radius 2 is 2.05 bits per heavy atom. The van der Waals surface area contributed by atoms with E-state index in [-0.39, 0.29) is 5.54 Å². The van der Waals surface area contributed by atoms with Crippen LogP contribution < -0.4 is 10.0 Å². The highest BCUT2D eigenvalue weighted by molar-refractivity contribution is 7.89. The second-order valence-electron chi connectivity index (χ2n) is 5.87. The van der Waals surface area contributed by atoms with Gasteiger partial charge in [0.05, 0.1) is 4.90 Å². The van der Waals surface area contributed by atoms with Gasteiger partial charge >= 0.3 is 0 Å². The van der Waals surface area contributed by atoms with Crippen LogP contribution in [0.4, 0.5) is 5.69 Å². The van der Waals surface area contributed by atoms with E-state index in [2.05, 4.69) is 10.0 Å². The predicted octanol–water partition coefficient (Wildman–Crippen LogP) is 2.27. The average Bonchev–Trinajstić information content (AvgIpc) is 2.36. The van der Waals surface area contributed by atoms with Crippen molar-refractivity contribution in [3.05, 3.63) is 23.8 Å². The summed E-state index contributed by atoms with van der Waals surface area (Å²) in [6, 6.07) is 5.39. The van der Waals surface area contributed by atoms with Crippen LogP contribution >= 0.6 is 0 Å². The molecule has 3 rings (SSSR count). The lowest BCUT2D eigenvalue weighted by molar-refractivity contribution is 0.248. The van der Waals surface area contributed by atoms with E-state index in [4.69, 9.17) is 0 Å². The molecule has 0 atom stereocenters. The number of hydrogen-bond acceptors (Lipinski definition) is 3. The maximum atomic E-state index is 12.4. The topological polar surface area (TPSA) is 58.2 Å². The van der Waals surface area contributed by atoms with Gasteiger partial charge in [0.1, 0.15) is 0 Å². The summed E-state index contributed by atoms with van der Waals surface area (Å²) >= 11 is 0. The van der Waals surface area contributed by atoms with E-state index in [0.717, 1.165) is 49.9 Å².